The molecule has 1 heterocycles. The molecule has 0 saturated heterocycles. The normalized spacial score (nSPS) is 19.1. The summed E-state index contributed by atoms with van der Waals surface area (Å²) in [6.45, 7) is 4.37. The third kappa shape index (κ3) is 3.38. The van der Waals surface area contributed by atoms with Crippen LogP contribution in [0.15, 0.2) is 29.3 Å². The van der Waals surface area contributed by atoms with Crippen molar-refractivity contribution in [2.75, 3.05) is 11.1 Å². The number of anilines is 1. The third-order valence-electron chi connectivity index (χ3n) is 2.43. The van der Waals surface area contributed by atoms with Gasteiger partial charge < -0.3 is 5.32 Å². The second kappa shape index (κ2) is 4.96. The second-order valence-electron chi connectivity index (χ2n) is 4.46. The van der Waals surface area contributed by atoms with E-state index in [9.17, 15) is 0 Å². The molecule has 0 saturated carbocycles. The number of nitrogens with one attached hydrogen (secondary N) is 1. The molecule has 2 nitrogen and oxygen atoms in total. The van der Waals surface area contributed by atoms with E-state index in [4.69, 9.17) is 4.99 Å². The first-order valence-electron chi connectivity index (χ1n) is 5.30. The van der Waals surface area contributed by atoms with Crippen LogP contribution in [0.4, 0.5) is 5.69 Å². The van der Waals surface area contributed by atoms with E-state index in [1.807, 2.05) is 0 Å². The summed E-state index contributed by atoms with van der Waals surface area (Å²) in [6.07, 6.45) is 1.15. The molecule has 1 aliphatic rings. The van der Waals surface area contributed by atoms with Gasteiger partial charge in [0.05, 0.1) is 5.54 Å². The van der Waals surface area contributed by atoms with Crippen molar-refractivity contribution in [2.24, 2.45) is 4.99 Å². The molecule has 0 unspecified atom stereocenters. The molecule has 2 rings (SSSR count). The first kappa shape index (κ1) is 12.2. The average molecular weight is 346 g/mol. The average Bonchev–Trinajstić information content (AvgIpc) is 2.15. The standard InChI is InChI=1S/C12H15IN2S/c1-12(2)6-7-16-11(15-12)14-10-5-3-4-9(13)8-10/h3-5,8H,6-7H2,1-2H3,(H,14,15). The van der Waals surface area contributed by atoms with Gasteiger partial charge in [-0.25, -0.2) is 0 Å². The van der Waals surface area contributed by atoms with Gasteiger partial charge in [0.2, 0.25) is 0 Å². The fraction of sp³-hybridized carbons (Fsp3) is 0.417. The van der Waals surface area contributed by atoms with Crippen molar-refractivity contribution in [1.82, 2.24) is 0 Å². The van der Waals surface area contributed by atoms with Gasteiger partial charge in [-0.05, 0) is 61.1 Å². The van der Waals surface area contributed by atoms with Crippen LogP contribution >= 0.6 is 34.4 Å². The topological polar surface area (TPSA) is 24.4 Å². The monoisotopic (exact) mass is 346 g/mol. The Morgan fingerprint density at radius 3 is 2.94 bits per heavy atom. The van der Waals surface area contributed by atoms with Crippen LogP contribution in [0.2, 0.25) is 0 Å². The lowest BCUT2D eigenvalue weighted by Crippen LogP contribution is -2.27. The molecule has 16 heavy (non-hydrogen) atoms. The van der Waals surface area contributed by atoms with Gasteiger partial charge in [-0.1, -0.05) is 17.8 Å². The summed E-state index contributed by atoms with van der Waals surface area (Å²) in [5, 5.41) is 4.43. The number of amidine groups is 1. The molecule has 1 aromatic carbocycles. The summed E-state index contributed by atoms with van der Waals surface area (Å²) in [5.74, 6) is 1.14. The molecule has 0 bridgehead atoms. The van der Waals surface area contributed by atoms with Gasteiger partial charge in [0.1, 0.15) is 0 Å². The molecule has 1 N–H and O–H groups in total. The molecule has 1 aromatic rings. The Morgan fingerprint density at radius 2 is 2.25 bits per heavy atom. The lowest BCUT2D eigenvalue weighted by Gasteiger charge is -2.26. The first-order valence-corrected chi connectivity index (χ1v) is 7.37. The van der Waals surface area contributed by atoms with Crippen molar-refractivity contribution in [3.8, 4) is 0 Å². The van der Waals surface area contributed by atoms with E-state index in [2.05, 4.69) is 66.0 Å². The highest BCUT2D eigenvalue weighted by molar-refractivity contribution is 14.1. The summed E-state index contributed by atoms with van der Waals surface area (Å²) < 4.78 is 1.24. The fourth-order valence-electron chi connectivity index (χ4n) is 1.51. The van der Waals surface area contributed by atoms with Gasteiger partial charge in [0.15, 0.2) is 5.17 Å². The van der Waals surface area contributed by atoms with Crippen LogP contribution in [0.3, 0.4) is 0 Å². The lowest BCUT2D eigenvalue weighted by molar-refractivity contribution is 0.507. The van der Waals surface area contributed by atoms with Crippen LogP contribution in [0.25, 0.3) is 0 Å². The zero-order chi connectivity index (χ0) is 11.6. The highest BCUT2D eigenvalue weighted by Crippen LogP contribution is 2.27. The number of halogens is 1. The number of aliphatic imine (C=N–C) groups is 1. The molecule has 86 valence electrons. The van der Waals surface area contributed by atoms with Gasteiger partial charge in [0.25, 0.3) is 0 Å². The van der Waals surface area contributed by atoms with Crippen molar-refractivity contribution < 1.29 is 0 Å². The van der Waals surface area contributed by atoms with Crippen LogP contribution in [0, 0.1) is 3.57 Å². The number of thioether (sulfide) groups is 1. The summed E-state index contributed by atoms with van der Waals surface area (Å²) in [7, 11) is 0. The number of benzene rings is 1. The molecule has 0 aliphatic carbocycles. The molecular weight excluding hydrogens is 331 g/mol. The summed E-state index contributed by atoms with van der Waals surface area (Å²) in [4.78, 5) is 4.71. The Labute approximate surface area is 114 Å². The number of rotatable bonds is 1. The van der Waals surface area contributed by atoms with Crippen LogP contribution in [0.1, 0.15) is 20.3 Å². The molecule has 0 radical (unpaired) electrons. The summed E-state index contributed by atoms with van der Waals surface area (Å²) in [5.41, 5.74) is 1.20. The Hall–Kier alpha value is -0.230. The van der Waals surface area contributed by atoms with Crippen molar-refractivity contribution in [2.45, 2.75) is 25.8 Å². The highest BCUT2D eigenvalue weighted by atomic mass is 127. The molecule has 0 amide bonds. The maximum atomic E-state index is 4.71. The molecule has 0 fully saturated rings. The largest absolute Gasteiger partial charge is 0.335 e. The number of nitrogens with zero attached hydrogens (tertiary/aromatic N) is 1. The van der Waals surface area contributed by atoms with E-state index >= 15 is 0 Å². The van der Waals surface area contributed by atoms with Crippen molar-refractivity contribution in [1.29, 1.82) is 0 Å². The third-order valence-corrected chi connectivity index (χ3v) is 3.98. The zero-order valence-electron chi connectivity index (χ0n) is 9.46. The van der Waals surface area contributed by atoms with Gasteiger partial charge in [-0.15, -0.1) is 0 Å². The van der Waals surface area contributed by atoms with E-state index in [0.29, 0.717) is 0 Å². The van der Waals surface area contributed by atoms with Gasteiger partial charge in [-0.3, -0.25) is 4.99 Å². The second-order valence-corrected chi connectivity index (χ2v) is 6.79. The van der Waals surface area contributed by atoms with Crippen molar-refractivity contribution >= 4 is 45.2 Å². The summed E-state index contributed by atoms with van der Waals surface area (Å²) >= 11 is 4.12. The highest BCUT2D eigenvalue weighted by Gasteiger charge is 2.22. The Bertz CT molecular complexity index is 415. The molecule has 0 spiro atoms. The van der Waals surface area contributed by atoms with Crippen molar-refractivity contribution in [3.63, 3.8) is 0 Å². The van der Waals surface area contributed by atoms with Crippen LogP contribution in [-0.2, 0) is 0 Å². The van der Waals surface area contributed by atoms with E-state index in [-0.39, 0.29) is 5.54 Å². The fourth-order valence-corrected chi connectivity index (χ4v) is 3.35. The Balaban J connectivity index is 2.13. The van der Waals surface area contributed by atoms with Crippen LogP contribution in [0.5, 0.6) is 0 Å². The summed E-state index contributed by atoms with van der Waals surface area (Å²) in [6, 6.07) is 8.35. The first-order chi connectivity index (χ1) is 7.55. The SMILES string of the molecule is CC1(C)CCSC(Nc2cccc(I)c2)=N1. The van der Waals surface area contributed by atoms with Gasteiger partial charge in [-0.2, -0.15) is 0 Å². The molecule has 4 heteroatoms. The number of hydrogen-bond donors (Lipinski definition) is 1. The predicted molar refractivity (Wildman–Crippen MR) is 81.4 cm³/mol. The minimum absolute atomic E-state index is 0.0789. The van der Waals surface area contributed by atoms with E-state index in [0.717, 1.165) is 23.0 Å². The molecule has 1 aliphatic heterocycles. The maximum absolute atomic E-state index is 4.71. The molecule has 0 aromatic heterocycles. The smallest absolute Gasteiger partial charge is 0.161 e. The quantitative estimate of drug-likeness (QED) is 0.778. The van der Waals surface area contributed by atoms with E-state index < -0.39 is 0 Å². The minimum atomic E-state index is 0.0789. The van der Waals surface area contributed by atoms with Gasteiger partial charge >= 0.3 is 0 Å². The minimum Gasteiger partial charge on any atom is -0.335 e. The van der Waals surface area contributed by atoms with Crippen LogP contribution < -0.4 is 5.32 Å². The zero-order valence-corrected chi connectivity index (χ0v) is 12.4. The lowest BCUT2D eigenvalue weighted by atomic mass is 10.0. The predicted octanol–water partition coefficient (Wildman–Crippen LogP) is 3.97. The van der Waals surface area contributed by atoms with Gasteiger partial charge in [0, 0.05) is 15.0 Å². The maximum Gasteiger partial charge on any atom is 0.161 e. The molecule has 0 atom stereocenters. The van der Waals surface area contributed by atoms with E-state index in [1.165, 1.54) is 3.57 Å². The Kier molecular flexibility index (Phi) is 3.79. The van der Waals surface area contributed by atoms with Crippen molar-refractivity contribution in [3.05, 3.63) is 27.8 Å². The molecular formula is C12H15IN2S. The number of hydrogen-bond acceptors (Lipinski definition) is 3. The van der Waals surface area contributed by atoms with E-state index in [1.54, 1.807) is 11.8 Å². The van der Waals surface area contributed by atoms with Crippen LogP contribution in [-0.4, -0.2) is 16.5 Å². The Morgan fingerprint density at radius 1 is 1.44 bits per heavy atom.